The standard InChI is InChI=1S/C26H22F3N3O4/c1-25(14-34-19-12-21-20(11-18(19)25)35-26(28,29)36-21)24(33)31-22-3-2-4-23(30-22)32-10-9-16(13-32)15-5-7-17(27)8-6-15/h2-8,11-12,16H,9-10,13-14H2,1H3,(H,30,31,33)/t16?,25-/m0/s1. The van der Waals surface area contributed by atoms with Crippen molar-refractivity contribution in [1.82, 2.24) is 4.98 Å². The van der Waals surface area contributed by atoms with Crippen molar-refractivity contribution >= 4 is 17.5 Å². The average molecular weight is 497 g/mol. The minimum atomic E-state index is -3.76. The van der Waals surface area contributed by atoms with E-state index in [2.05, 4.69) is 24.7 Å². The number of pyridine rings is 1. The smallest absolute Gasteiger partial charge is 0.492 e. The molecular weight excluding hydrogens is 475 g/mol. The van der Waals surface area contributed by atoms with Gasteiger partial charge in [-0.15, -0.1) is 8.78 Å². The summed E-state index contributed by atoms with van der Waals surface area (Å²) >= 11 is 0. The zero-order valence-corrected chi connectivity index (χ0v) is 19.3. The second-order valence-electron chi connectivity index (χ2n) is 9.40. The first-order valence-electron chi connectivity index (χ1n) is 11.6. The van der Waals surface area contributed by atoms with Gasteiger partial charge in [0, 0.05) is 30.6 Å². The van der Waals surface area contributed by atoms with Gasteiger partial charge in [0.05, 0.1) is 0 Å². The van der Waals surface area contributed by atoms with E-state index in [4.69, 9.17) is 4.74 Å². The van der Waals surface area contributed by atoms with E-state index in [1.54, 1.807) is 13.0 Å². The van der Waals surface area contributed by atoms with Crippen LogP contribution in [0.5, 0.6) is 17.2 Å². The molecule has 0 radical (unpaired) electrons. The third-order valence-electron chi connectivity index (χ3n) is 6.95. The van der Waals surface area contributed by atoms with Gasteiger partial charge in [-0.1, -0.05) is 18.2 Å². The Labute approximate surface area is 204 Å². The number of hydrogen-bond donors (Lipinski definition) is 1. The van der Waals surface area contributed by atoms with Crippen molar-refractivity contribution in [1.29, 1.82) is 0 Å². The van der Waals surface area contributed by atoms with Gasteiger partial charge in [0.25, 0.3) is 0 Å². The highest BCUT2D eigenvalue weighted by molar-refractivity contribution is 5.99. The summed E-state index contributed by atoms with van der Waals surface area (Å²) in [6, 6.07) is 14.6. The molecule has 4 heterocycles. The summed E-state index contributed by atoms with van der Waals surface area (Å²) in [6.07, 6.45) is -2.85. The van der Waals surface area contributed by atoms with E-state index in [1.807, 2.05) is 24.3 Å². The summed E-state index contributed by atoms with van der Waals surface area (Å²) in [5.41, 5.74) is 0.359. The van der Waals surface area contributed by atoms with Gasteiger partial charge in [-0.3, -0.25) is 4.79 Å². The molecule has 1 unspecified atom stereocenters. The molecule has 0 saturated carbocycles. The number of halogens is 3. The second-order valence-corrected chi connectivity index (χ2v) is 9.40. The van der Waals surface area contributed by atoms with E-state index in [9.17, 15) is 18.0 Å². The third kappa shape index (κ3) is 3.86. The number of carbonyl (C=O) groups excluding carboxylic acids is 1. The maximum Gasteiger partial charge on any atom is 0.586 e. The van der Waals surface area contributed by atoms with Crippen molar-refractivity contribution in [3.8, 4) is 17.2 Å². The van der Waals surface area contributed by atoms with Crippen LogP contribution in [0.4, 0.5) is 24.8 Å². The van der Waals surface area contributed by atoms with Crippen molar-refractivity contribution in [2.45, 2.75) is 31.0 Å². The first-order valence-corrected chi connectivity index (χ1v) is 11.6. The van der Waals surface area contributed by atoms with Crippen LogP contribution in [0.1, 0.15) is 30.4 Å². The number of amides is 1. The fourth-order valence-corrected chi connectivity index (χ4v) is 4.91. The number of rotatable bonds is 4. The molecule has 7 nitrogen and oxygen atoms in total. The molecule has 186 valence electrons. The van der Waals surface area contributed by atoms with E-state index < -0.39 is 11.7 Å². The number of anilines is 2. The van der Waals surface area contributed by atoms with Crippen LogP contribution in [-0.4, -0.2) is 36.9 Å². The Morgan fingerprint density at radius 3 is 2.61 bits per heavy atom. The first kappa shape index (κ1) is 22.5. The van der Waals surface area contributed by atoms with E-state index in [-0.39, 0.29) is 35.7 Å². The highest BCUT2D eigenvalue weighted by Crippen LogP contribution is 2.50. The molecule has 6 rings (SSSR count). The van der Waals surface area contributed by atoms with Gasteiger partial charge in [0.1, 0.15) is 35.2 Å². The summed E-state index contributed by atoms with van der Waals surface area (Å²) in [7, 11) is 0. The lowest BCUT2D eigenvalue weighted by molar-refractivity contribution is -0.286. The summed E-state index contributed by atoms with van der Waals surface area (Å²) in [6.45, 7) is 3.21. The maximum absolute atomic E-state index is 13.5. The molecule has 1 aromatic heterocycles. The van der Waals surface area contributed by atoms with Crippen molar-refractivity contribution in [2.24, 2.45) is 0 Å². The van der Waals surface area contributed by atoms with Crippen molar-refractivity contribution in [2.75, 3.05) is 29.9 Å². The van der Waals surface area contributed by atoms with Gasteiger partial charge < -0.3 is 24.4 Å². The lowest BCUT2D eigenvalue weighted by Crippen LogP contribution is -2.39. The van der Waals surface area contributed by atoms with Crippen LogP contribution in [0.2, 0.25) is 0 Å². The van der Waals surface area contributed by atoms with Crippen LogP contribution in [0.25, 0.3) is 0 Å². The zero-order chi connectivity index (χ0) is 25.1. The lowest BCUT2D eigenvalue weighted by atomic mass is 9.83. The number of carbonyl (C=O) groups is 1. The van der Waals surface area contributed by atoms with Crippen LogP contribution >= 0.6 is 0 Å². The predicted molar refractivity (Wildman–Crippen MR) is 124 cm³/mol. The van der Waals surface area contributed by atoms with Gasteiger partial charge in [-0.25, -0.2) is 9.37 Å². The largest absolute Gasteiger partial charge is 0.586 e. The van der Waals surface area contributed by atoms with Crippen molar-refractivity contribution in [3.05, 3.63) is 71.5 Å². The number of ether oxygens (including phenoxy) is 3. The van der Waals surface area contributed by atoms with Gasteiger partial charge in [-0.2, -0.15) is 0 Å². The molecule has 2 atom stereocenters. The van der Waals surface area contributed by atoms with E-state index >= 15 is 0 Å². The predicted octanol–water partition coefficient (Wildman–Crippen LogP) is 4.82. The molecule has 3 aliphatic heterocycles. The molecule has 36 heavy (non-hydrogen) atoms. The van der Waals surface area contributed by atoms with Gasteiger partial charge in [0.2, 0.25) is 5.91 Å². The molecule has 0 aliphatic carbocycles. The fourth-order valence-electron chi connectivity index (χ4n) is 4.91. The second kappa shape index (κ2) is 8.04. The normalized spacial score (nSPS) is 23.3. The lowest BCUT2D eigenvalue weighted by Gasteiger charge is -2.22. The van der Waals surface area contributed by atoms with Crippen molar-refractivity contribution in [3.63, 3.8) is 0 Å². The quantitative estimate of drug-likeness (QED) is 0.557. The van der Waals surface area contributed by atoms with Crippen LogP contribution in [0.3, 0.4) is 0 Å². The first-order chi connectivity index (χ1) is 17.2. The van der Waals surface area contributed by atoms with E-state index in [0.717, 1.165) is 30.9 Å². The topological polar surface area (TPSA) is 72.9 Å². The number of aromatic nitrogens is 1. The Morgan fingerprint density at radius 2 is 1.83 bits per heavy atom. The molecule has 1 amide bonds. The summed E-state index contributed by atoms with van der Waals surface area (Å²) in [4.78, 5) is 20.1. The Bertz CT molecular complexity index is 1350. The number of fused-ring (bicyclic) bond motifs is 2. The average Bonchev–Trinajstić information content (AvgIpc) is 3.54. The van der Waals surface area contributed by atoms with Crippen LogP contribution in [-0.2, 0) is 10.2 Å². The fraction of sp³-hybridized carbons (Fsp3) is 0.308. The Balaban J connectivity index is 1.18. The Kier molecular flexibility index (Phi) is 5.03. The number of alkyl halides is 2. The van der Waals surface area contributed by atoms with Crippen LogP contribution in [0, 0.1) is 5.82 Å². The highest BCUT2D eigenvalue weighted by atomic mass is 19.3. The Hall–Kier alpha value is -3.95. The number of nitrogens with one attached hydrogen (secondary N) is 1. The van der Waals surface area contributed by atoms with Crippen molar-refractivity contribution < 1.29 is 32.2 Å². The zero-order valence-electron chi connectivity index (χ0n) is 19.3. The molecule has 3 aliphatic rings. The molecular formula is C26H22F3N3O4. The Morgan fingerprint density at radius 1 is 1.08 bits per heavy atom. The maximum atomic E-state index is 13.5. The SMILES string of the molecule is C[C@]1(C(=O)Nc2cccc(N3CCC(c4ccc(F)cc4)C3)n2)COc2cc3c(cc21)OC(F)(F)O3. The third-order valence-corrected chi connectivity index (χ3v) is 6.95. The van der Waals surface area contributed by atoms with E-state index in [0.29, 0.717) is 17.1 Å². The molecule has 1 fully saturated rings. The molecule has 10 heteroatoms. The number of nitrogens with zero attached hydrogens (tertiary/aromatic N) is 2. The van der Waals surface area contributed by atoms with Gasteiger partial charge >= 0.3 is 6.29 Å². The number of hydrogen-bond acceptors (Lipinski definition) is 6. The molecule has 1 N–H and O–H groups in total. The monoisotopic (exact) mass is 497 g/mol. The molecule has 3 aromatic rings. The molecule has 2 aromatic carbocycles. The van der Waals surface area contributed by atoms with E-state index in [1.165, 1.54) is 24.3 Å². The highest BCUT2D eigenvalue weighted by Gasteiger charge is 2.49. The molecule has 0 spiro atoms. The minimum absolute atomic E-state index is 0.0264. The summed E-state index contributed by atoms with van der Waals surface area (Å²) in [5.74, 6) is 0.708. The summed E-state index contributed by atoms with van der Waals surface area (Å²) in [5, 5.41) is 2.84. The summed E-state index contributed by atoms with van der Waals surface area (Å²) < 4.78 is 54.9. The number of benzene rings is 2. The van der Waals surface area contributed by atoms with Gasteiger partial charge in [0.15, 0.2) is 11.5 Å². The van der Waals surface area contributed by atoms with Crippen LogP contribution in [0.15, 0.2) is 54.6 Å². The van der Waals surface area contributed by atoms with Crippen LogP contribution < -0.4 is 24.4 Å². The molecule has 0 bridgehead atoms. The van der Waals surface area contributed by atoms with Gasteiger partial charge in [-0.05, 0) is 49.2 Å². The molecule has 1 saturated heterocycles. The minimum Gasteiger partial charge on any atom is -0.492 e.